The molecule has 0 bridgehead atoms. The maximum Gasteiger partial charge on any atom is 0.261 e. The van der Waals surface area contributed by atoms with Gasteiger partial charge in [0.25, 0.3) is 5.91 Å². The van der Waals surface area contributed by atoms with Gasteiger partial charge in [-0.15, -0.1) is 0 Å². The first kappa shape index (κ1) is 22.6. The SMILES string of the molecule is Cc1ccc(CN(C(=O)COc2ccc(I)cc2)[C@H](C)C(=O)NC2CCCC2)cc1. The van der Waals surface area contributed by atoms with E-state index in [4.69, 9.17) is 4.74 Å². The molecule has 0 saturated heterocycles. The lowest BCUT2D eigenvalue weighted by molar-refractivity contribution is -0.142. The van der Waals surface area contributed by atoms with Crippen molar-refractivity contribution in [2.24, 2.45) is 0 Å². The van der Waals surface area contributed by atoms with Gasteiger partial charge in [0.2, 0.25) is 5.91 Å². The number of carbonyl (C=O) groups excluding carboxylic acids is 2. The van der Waals surface area contributed by atoms with Gasteiger partial charge in [-0.1, -0.05) is 42.7 Å². The number of amides is 2. The van der Waals surface area contributed by atoms with E-state index in [9.17, 15) is 9.59 Å². The van der Waals surface area contributed by atoms with Gasteiger partial charge in [0.15, 0.2) is 6.61 Å². The van der Waals surface area contributed by atoms with Gasteiger partial charge >= 0.3 is 0 Å². The number of carbonyl (C=O) groups is 2. The smallest absolute Gasteiger partial charge is 0.261 e. The van der Waals surface area contributed by atoms with Gasteiger partial charge in [-0.25, -0.2) is 0 Å². The molecule has 0 radical (unpaired) electrons. The van der Waals surface area contributed by atoms with Crippen molar-refractivity contribution < 1.29 is 14.3 Å². The fourth-order valence-electron chi connectivity index (χ4n) is 3.62. The fourth-order valence-corrected chi connectivity index (χ4v) is 3.98. The van der Waals surface area contributed by atoms with E-state index < -0.39 is 6.04 Å². The second-order valence-corrected chi connectivity index (χ2v) is 9.16. The van der Waals surface area contributed by atoms with Crippen LogP contribution >= 0.6 is 22.6 Å². The van der Waals surface area contributed by atoms with E-state index in [-0.39, 0.29) is 24.5 Å². The first-order valence-corrected chi connectivity index (χ1v) is 11.5. The molecule has 0 aliphatic heterocycles. The zero-order valence-corrected chi connectivity index (χ0v) is 19.7. The molecule has 1 aliphatic carbocycles. The van der Waals surface area contributed by atoms with Crippen LogP contribution in [0, 0.1) is 10.5 Å². The van der Waals surface area contributed by atoms with Crippen LogP contribution in [0.2, 0.25) is 0 Å². The molecule has 30 heavy (non-hydrogen) atoms. The Morgan fingerprint density at radius 1 is 1.10 bits per heavy atom. The van der Waals surface area contributed by atoms with Crippen molar-refractivity contribution in [1.82, 2.24) is 10.2 Å². The molecule has 160 valence electrons. The van der Waals surface area contributed by atoms with Gasteiger partial charge in [-0.3, -0.25) is 9.59 Å². The van der Waals surface area contributed by atoms with Crippen LogP contribution in [0.1, 0.15) is 43.7 Å². The van der Waals surface area contributed by atoms with Gasteiger partial charge in [-0.05, 0) is 79.1 Å². The minimum absolute atomic E-state index is 0.100. The summed E-state index contributed by atoms with van der Waals surface area (Å²) in [6.45, 7) is 4.09. The van der Waals surface area contributed by atoms with Gasteiger partial charge in [-0.2, -0.15) is 0 Å². The molecule has 0 heterocycles. The highest BCUT2D eigenvalue weighted by Crippen LogP contribution is 2.19. The zero-order valence-electron chi connectivity index (χ0n) is 17.6. The highest BCUT2D eigenvalue weighted by Gasteiger charge is 2.28. The molecule has 6 heteroatoms. The minimum atomic E-state index is -0.570. The normalized spacial score (nSPS) is 14.9. The van der Waals surface area contributed by atoms with Crippen molar-refractivity contribution in [2.45, 2.75) is 58.2 Å². The number of rotatable bonds is 8. The molecular weight excluding hydrogens is 491 g/mol. The van der Waals surface area contributed by atoms with Crippen molar-refractivity contribution in [3.8, 4) is 5.75 Å². The maximum absolute atomic E-state index is 13.1. The van der Waals surface area contributed by atoms with Crippen LogP contribution < -0.4 is 10.1 Å². The van der Waals surface area contributed by atoms with Crippen molar-refractivity contribution >= 4 is 34.4 Å². The molecule has 2 aromatic carbocycles. The van der Waals surface area contributed by atoms with Gasteiger partial charge < -0.3 is 15.0 Å². The standard InChI is InChI=1S/C24H29IN2O3/c1-17-7-9-19(10-8-17)15-27(18(2)24(29)26-21-5-3-4-6-21)23(28)16-30-22-13-11-20(25)12-14-22/h7-14,18,21H,3-6,15-16H2,1-2H3,(H,26,29)/t18-/m1/s1. The van der Waals surface area contributed by atoms with Crippen molar-refractivity contribution in [3.63, 3.8) is 0 Å². The molecule has 0 unspecified atom stereocenters. The average Bonchev–Trinajstić information content (AvgIpc) is 3.25. The summed E-state index contributed by atoms with van der Waals surface area (Å²) >= 11 is 2.22. The van der Waals surface area contributed by atoms with Crippen molar-refractivity contribution in [1.29, 1.82) is 0 Å². The van der Waals surface area contributed by atoms with Crippen LogP contribution in [0.25, 0.3) is 0 Å². The lowest BCUT2D eigenvalue weighted by Crippen LogP contribution is -2.50. The predicted octanol–water partition coefficient (Wildman–Crippen LogP) is 4.45. The van der Waals surface area contributed by atoms with E-state index in [2.05, 4.69) is 27.9 Å². The quantitative estimate of drug-likeness (QED) is 0.524. The number of nitrogens with zero attached hydrogens (tertiary/aromatic N) is 1. The van der Waals surface area contributed by atoms with E-state index >= 15 is 0 Å². The number of ether oxygens (including phenoxy) is 1. The van der Waals surface area contributed by atoms with E-state index in [1.54, 1.807) is 11.8 Å². The lowest BCUT2D eigenvalue weighted by Gasteiger charge is -2.29. The molecule has 3 rings (SSSR count). The summed E-state index contributed by atoms with van der Waals surface area (Å²) in [5.41, 5.74) is 2.15. The Morgan fingerprint density at radius 2 is 1.73 bits per heavy atom. The Morgan fingerprint density at radius 3 is 2.37 bits per heavy atom. The highest BCUT2D eigenvalue weighted by molar-refractivity contribution is 14.1. The third kappa shape index (κ3) is 6.45. The van der Waals surface area contributed by atoms with E-state index in [1.165, 1.54) is 0 Å². The number of aryl methyl sites for hydroxylation is 1. The van der Waals surface area contributed by atoms with Crippen LogP contribution in [0.15, 0.2) is 48.5 Å². The summed E-state index contributed by atoms with van der Waals surface area (Å²) in [6, 6.07) is 15.2. The number of benzene rings is 2. The average molecular weight is 520 g/mol. The topological polar surface area (TPSA) is 58.6 Å². The lowest BCUT2D eigenvalue weighted by atomic mass is 10.1. The summed E-state index contributed by atoms with van der Waals surface area (Å²) in [6.07, 6.45) is 4.32. The predicted molar refractivity (Wildman–Crippen MR) is 126 cm³/mol. The number of nitrogens with one attached hydrogen (secondary N) is 1. The van der Waals surface area contributed by atoms with Gasteiger partial charge in [0.1, 0.15) is 11.8 Å². The number of hydrogen-bond acceptors (Lipinski definition) is 3. The molecule has 2 aromatic rings. The van der Waals surface area contributed by atoms with Gasteiger partial charge in [0, 0.05) is 16.2 Å². The molecule has 2 amide bonds. The Bertz CT molecular complexity index is 846. The third-order valence-corrected chi connectivity index (χ3v) is 6.24. The Hall–Kier alpha value is -2.09. The molecule has 1 saturated carbocycles. The molecular formula is C24H29IN2O3. The van der Waals surface area contributed by atoms with Gasteiger partial charge in [0.05, 0.1) is 0 Å². The van der Waals surface area contributed by atoms with Crippen LogP contribution in [-0.2, 0) is 16.1 Å². The summed E-state index contributed by atoms with van der Waals surface area (Å²) in [7, 11) is 0. The Labute approximate surface area is 192 Å². The number of halogens is 1. The summed E-state index contributed by atoms with van der Waals surface area (Å²) < 4.78 is 6.80. The summed E-state index contributed by atoms with van der Waals surface area (Å²) in [4.78, 5) is 27.5. The molecule has 1 fully saturated rings. The first-order chi connectivity index (χ1) is 14.4. The Balaban J connectivity index is 1.69. The summed E-state index contributed by atoms with van der Waals surface area (Å²) in [5, 5.41) is 3.11. The van der Waals surface area contributed by atoms with E-state index in [1.807, 2.05) is 55.5 Å². The zero-order chi connectivity index (χ0) is 21.5. The van der Waals surface area contributed by atoms with Crippen LogP contribution in [0.3, 0.4) is 0 Å². The van der Waals surface area contributed by atoms with Crippen LogP contribution in [0.5, 0.6) is 5.75 Å². The Kier molecular flexibility index (Phi) is 8.13. The highest BCUT2D eigenvalue weighted by atomic mass is 127. The molecule has 0 spiro atoms. The van der Waals surface area contributed by atoms with Crippen molar-refractivity contribution in [3.05, 3.63) is 63.2 Å². The minimum Gasteiger partial charge on any atom is -0.484 e. The largest absolute Gasteiger partial charge is 0.484 e. The molecule has 5 nitrogen and oxygen atoms in total. The second-order valence-electron chi connectivity index (χ2n) is 7.92. The van der Waals surface area contributed by atoms with Crippen LogP contribution in [-0.4, -0.2) is 35.4 Å². The van der Waals surface area contributed by atoms with Crippen LogP contribution in [0.4, 0.5) is 0 Å². The van der Waals surface area contributed by atoms with E-state index in [0.717, 1.165) is 40.4 Å². The first-order valence-electron chi connectivity index (χ1n) is 10.5. The molecule has 1 atom stereocenters. The third-order valence-electron chi connectivity index (χ3n) is 5.52. The molecule has 1 aliphatic rings. The second kappa shape index (κ2) is 10.8. The van der Waals surface area contributed by atoms with E-state index in [0.29, 0.717) is 12.3 Å². The number of hydrogen-bond donors (Lipinski definition) is 1. The molecule has 1 N–H and O–H groups in total. The van der Waals surface area contributed by atoms with Crippen molar-refractivity contribution in [2.75, 3.05) is 6.61 Å². The fraction of sp³-hybridized carbons (Fsp3) is 0.417. The monoisotopic (exact) mass is 520 g/mol. The molecule has 0 aromatic heterocycles. The maximum atomic E-state index is 13.1. The summed E-state index contributed by atoms with van der Waals surface area (Å²) in [5.74, 6) is 0.335.